The summed E-state index contributed by atoms with van der Waals surface area (Å²) in [5.74, 6) is 0. The van der Waals surface area contributed by atoms with Crippen molar-refractivity contribution in [2.45, 2.75) is 12.3 Å². The Bertz CT molecular complexity index is 2600. The Morgan fingerprint density at radius 1 is 0.358 bits per heavy atom. The fourth-order valence-electron chi connectivity index (χ4n) is 8.90. The molecule has 1 aliphatic carbocycles. The summed E-state index contributed by atoms with van der Waals surface area (Å²) >= 11 is 0. The first-order chi connectivity index (χ1) is 26.2. The third-order valence-electron chi connectivity index (χ3n) is 11.3. The van der Waals surface area contributed by atoms with Gasteiger partial charge in [-0.25, -0.2) is 0 Å². The summed E-state index contributed by atoms with van der Waals surface area (Å²) in [4.78, 5) is 2.46. The molecule has 0 spiro atoms. The lowest BCUT2D eigenvalue weighted by Crippen LogP contribution is -2.32. The van der Waals surface area contributed by atoms with E-state index >= 15 is 0 Å². The summed E-state index contributed by atoms with van der Waals surface area (Å²) in [6.45, 7) is 2.41. The number of hydrogen-bond donors (Lipinski definition) is 0. The number of benzene rings is 8. The average Bonchev–Trinajstić information content (AvgIpc) is 3.51. The van der Waals surface area contributed by atoms with Gasteiger partial charge in [-0.15, -0.1) is 0 Å². The molecular weight excluding hydrogens is 639 g/mol. The predicted octanol–water partition coefficient (Wildman–Crippen LogP) is 13.5. The summed E-state index contributed by atoms with van der Waals surface area (Å²) in [6, 6.07) is 75.2. The topological polar surface area (TPSA) is 3.24 Å². The number of anilines is 3. The Hall–Kier alpha value is -6.70. The van der Waals surface area contributed by atoms with Crippen LogP contribution in [0.15, 0.2) is 206 Å². The monoisotopic (exact) mass is 675 g/mol. The largest absolute Gasteiger partial charge is 0.310 e. The normalized spacial score (nSPS) is 14.9. The van der Waals surface area contributed by atoms with Gasteiger partial charge in [0.05, 0.1) is 11.4 Å². The van der Waals surface area contributed by atoms with Gasteiger partial charge in [-0.3, -0.25) is 0 Å². The summed E-state index contributed by atoms with van der Waals surface area (Å²) in [5, 5.41) is 0. The van der Waals surface area contributed by atoms with Crippen LogP contribution in [-0.4, -0.2) is 0 Å². The molecule has 0 bridgehead atoms. The smallest absolute Gasteiger partial charge is 0.0512 e. The third kappa shape index (κ3) is 4.93. The summed E-state index contributed by atoms with van der Waals surface area (Å²) in [7, 11) is 0. The molecular formula is C52H37N. The zero-order valence-electron chi connectivity index (χ0n) is 29.6. The maximum atomic E-state index is 2.46. The van der Waals surface area contributed by atoms with Crippen LogP contribution in [0, 0.1) is 0 Å². The van der Waals surface area contributed by atoms with E-state index in [4.69, 9.17) is 0 Å². The van der Waals surface area contributed by atoms with Crippen LogP contribution in [0.1, 0.15) is 45.9 Å². The molecule has 8 aromatic carbocycles. The van der Waals surface area contributed by atoms with E-state index in [0.29, 0.717) is 0 Å². The molecule has 0 saturated carbocycles. The molecule has 8 aromatic rings. The highest BCUT2D eigenvalue weighted by atomic mass is 15.2. The molecule has 1 heteroatoms. The Balaban J connectivity index is 1.05. The number of nitrogens with zero attached hydrogens (tertiary/aromatic N) is 1. The second-order valence-corrected chi connectivity index (χ2v) is 14.2. The van der Waals surface area contributed by atoms with Crippen LogP contribution in [0.5, 0.6) is 0 Å². The molecule has 0 radical (unpaired) electrons. The van der Waals surface area contributed by atoms with Gasteiger partial charge in [0.25, 0.3) is 0 Å². The zero-order chi connectivity index (χ0) is 35.4. The van der Waals surface area contributed by atoms with E-state index in [1.54, 1.807) is 0 Å². The van der Waals surface area contributed by atoms with Crippen LogP contribution in [0.3, 0.4) is 0 Å². The van der Waals surface area contributed by atoms with E-state index in [9.17, 15) is 0 Å². The van der Waals surface area contributed by atoms with Crippen LogP contribution in [0.25, 0.3) is 33.4 Å². The van der Waals surface area contributed by atoms with Gasteiger partial charge in [0, 0.05) is 11.1 Å². The van der Waals surface area contributed by atoms with Gasteiger partial charge in [0.15, 0.2) is 0 Å². The SMILES string of the molecule is CC12c3ccccc3-c3cccc(c31)N(c1ccc(-c3ccc(C(=C(c4ccccc4)c4ccccc4)c4ccccc4)cc3)cc1)c1ccccc12. The lowest BCUT2D eigenvalue weighted by molar-refractivity contribution is 0.702. The lowest BCUT2D eigenvalue weighted by atomic mass is 9.70. The standard InChI is InChI=1S/C52H37N/c1-52-45-24-12-11-22-43(45)44-23-15-27-48(51(44)52)53(47-26-14-13-25-46(47)52)42-34-32-37(33-35-42)36-28-30-41(31-29-36)50(40-20-9-4-10-21-40)49(38-16-5-2-6-17-38)39-18-7-3-8-19-39/h2-35H,1H3. The van der Waals surface area contributed by atoms with Gasteiger partial charge in [-0.1, -0.05) is 182 Å². The molecule has 1 atom stereocenters. The van der Waals surface area contributed by atoms with E-state index in [0.717, 1.165) is 5.69 Å². The Morgan fingerprint density at radius 3 is 1.38 bits per heavy atom. The minimum Gasteiger partial charge on any atom is -0.310 e. The van der Waals surface area contributed by atoms with Crippen molar-refractivity contribution in [3.05, 3.63) is 245 Å². The molecule has 1 heterocycles. The van der Waals surface area contributed by atoms with Crippen LogP contribution in [-0.2, 0) is 5.41 Å². The second-order valence-electron chi connectivity index (χ2n) is 14.2. The van der Waals surface area contributed by atoms with Crippen molar-refractivity contribution in [3.8, 4) is 22.3 Å². The first-order valence-electron chi connectivity index (χ1n) is 18.4. The van der Waals surface area contributed by atoms with Crippen molar-refractivity contribution in [1.82, 2.24) is 0 Å². The molecule has 0 saturated heterocycles. The molecule has 0 fully saturated rings. The highest BCUT2D eigenvalue weighted by Gasteiger charge is 2.47. The summed E-state index contributed by atoms with van der Waals surface area (Å²) in [6.07, 6.45) is 0. The molecule has 1 aliphatic heterocycles. The molecule has 0 N–H and O–H groups in total. The van der Waals surface area contributed by atoms with Gasteiger partial charge in [0.2, 0.25) is 0 Å². The molecule has 250 valence electrons. The number of rotatable bonds is 6. The molecule has 2 aliphatic rings. The first-order valence-corrected chi connectivity index (χ1v) is 18.4. The van der Waals surface area contributed by atoms with Crippen molar-refractivity contribution < 1.29 is 0 Å². The van der Waals surface area contributed by atoms with E-state index in [-0.39, 0.29) is 5.41 Å². The van der Waals surface area contributed by atoms with Crippen molar-refractivity contribution in [1.29, 1.82) is 0 Å². The van der Waals surface area contributed by atoms with Gasteiger partial charge in [-0.05, 0) is 104 Å². The van der Waals surface area contributed by atoms with Crippen molar-refractivity contribution in [2.75, 3.05) is 4.90 Å². The molecule has 0 amide bonds. The highest BCUT2D eigenvalue weighted by Crippen LogP contribution is 2.62. The first kappa shape index (κ1) is 31.1. The Labute approximate surface area is 311 Å². The van der Waals surface area contributed by atoms with E-state index in [2.05, 4.69) is 218 Å². The van der Waals surface area contributed by atoms with Gasteiger partial charge in [-0.2, -0.15) is 0 Å². The van der Waals surface area contributed by atoms with Crippen LogP contribution in [0.4, 0.5) is 17.1 Å². The number of fused-ring (bicyclic) bond motifs is 5. The quantitative estimate of drug-likeness (QED) is 0.159. The molecule has 10 rings (SSSR count). The van der Waals surface area contributed by atoms with Gasteiger partial charge < -0.3 is 4.90 Å². The molecule has 0 aromatic heterocycles. The minimum atomic E-state index is -0.203. The second kappa shape index (κ2) is 12.5. The van der Waals surface area contributed by atoms with Crippen molar-refractivity contribution in [3.63, 3.8) is 0 Å². The van der Waals surface area contributed by atoms with Crippen LogP contribution in [0.2, 0.25) is 0 Å². The lowest BCUT2D eigenvalue weighted by Gasteiger charge is -2.42. The molecule has 1 nitrogen and oxygen atoms in total. The molecule has 53 heavy (non-hydrogen) atoms. The highest BCUT2D eigenvalue weighted by molar-refractivity contribution is 6.05. The van der Waals surface area contributed by atoms with Crippen molar-refractivity contribution in [2.24, 2.45) is 0 Å². The maximum absolute atomic E-state index is 2.46. The number of hydrogen-bond acceptors (Lipinski definition) is 1. The Kier molecular flexibility index (Phi) is 7.33. The minimum absolute atomic E-state index is 0.203. The van der Waals surface area contributed by atoms with E-state index in [1.165, 1.54) is 83.7 Å². The van der Waals surface area contributed by atoms with Gasteiger partial charge in [0.1, 0.15) is 0 Å². The number of para-hydroxylation sites is 1. The predicted molar refractivity (Wildman–Crippen MR) is 222 cm³/mol. The van der Waals surface area contributed by atoms with Crippen LogP contribution < -0.4 is 4.90 Å². The third-order valence-corrected chi connectivity index (χ3v) is 11.3. The molecule has 1 unspecified atom stereocenters. The fraction of sp³-hybridized carbons (Fsp3) is 0.0385. The van der Waals surface area contributed by atoms with E-state index < -0.39 is 0 Å². The van der Waals surface area contributed by atoms with Crippen LogP contribution >= 0.6 is 0 Å². The zero-order valence-corrected chi connectivity index (χ0v) is 29.6. The summed E-state index contributed by atoms with van der Waals surface area (Å²) < 4.78 is 0. The average molecular weight is 676 g/mol. The Morgan fingerprint density at radius 2 is 0.792 bits per heavy atom. The maximum Gasteiger partial charge on any atom is 0.0512 e. The van der Waals surface area contributed by atoms with Gasteiger partial charge >= 0.3 is 0 Å². The van der Waals surface area contributed by atoms with Crippen molar-refractivity contribution >= 4 is 28.2 Å². The fourth-order valence-corrected chi connectivity index (χ4v) is 8.90. The van der Waals surface area contributed by atoms with E-state index in [1.807, 2.05) is 0 Å². The summed E-state index contributed by atoms with van der Waals surface area (Å²) in [5.41, 5.74) is 19.9.